The minimum Gasteiger partial charge on any atom is -0.274 e. The van der Waals surface area contributed by atoms with Crippen LogP contribution in [0.1, 0.15) is 38.2 Å². The van der Waals surface area contributed by atoms with Crippen LogP contribution < -0.4 is 10.9 Å². The second-order valence-corrected chi connectivity index (χ2v) is 7.17. The Hall–Kier alpha value is -1.37. The zero-order valence-corrected chi connectivity index (χ0v) is 13.8. The number of hydrogen-bond donors (Lipinski definition) is 2. The van der Waals surface area contributed by atoms with E-state index in [1.807, 2.05) is 0 Å². The summed E-state index contributed by atoms with van der Waals surface area (Å²) in [5.74, 6) is -0.718. The van der Waals surface area contributed by atoms with Crippen molar-refractivity contribution in [3.8, 4) is 0 Å². The number of aromatic nitrogens is 2. The Bertz CT molecular complexity index is 563. The van der Waals surface area contributed by atoms with Gasteiger partial charge in [-0.1, -0.05) is 27.7 Å². The maximum absolute atomic E-state index is 12.1. The molecule has 1 saturated carbocycles. The normalized spacial score (nSPS) is 19.5. The number of hydrazine groups is 1. The molecule has 1 heterocycles. The summed E-state index contributed by atoms with van der Waals surface area (Å²) in [7, 11) is 1.72. The van der Waals surface area contributed by atoms with Gasteiger partial charge in [0, 0.05) is 13.2 Å². The van der Waals surface area contributed by atoms with Crippen LogP contribution >= 0.6 is 15.9 Å². The summed E-state index contributed by atoms with van der Waals surface area (Å²) in [5.41, 5.74) is 5.00. The van der Waals surface area contributed by atoms with Crippen LogP contribution in [-0.2, 0) is 11.8 Å². The zero-order chi connectivity index (χ0) is 15.3. The predicted molar refractivity (Wildman–Crippen MR) is 77.6 cm³/mol. The van der Waals surface area contributed by atoms with Crippen LogP contribution in [0.5, 0.6) is 0 Å². The Morgan fingerprint density at radius 1 is 1.25 bits per heavy atom. The highest BCUT2D eigenvalue weighted by Crippen LogP contribution is 2.68. The molecule has 7 heteroatoms. The maximum atomic E-state index is 12.1. The van der Waals surface area contributed by atoms with Crippen LogP contribution in [-0.4, -0.2) is 21.6 Å². The third kappa shape index (κ3) is 2.24. The van der Waals surface area contributed by atoms with Crippen molar-refractivity contribution in [2.75, 3.05) is 0 Å². The predicted octanol–water partition coefficient (Wildman–Crippen LogP) is 1.63. The van der Waals surface area contributed by atoms with Gasteiger partial charge in [0.05, 0.1) is 10.4 Å². The highest BCUT2D eigenvalue weighted by atomic mass is 79.9. The fourth-order valence-electron chi connectivity index (χ4n) is 2.71. The van der Waals surface area contributed by atoms with Crippen LogP contribution in [0.25, 0.3) is 0 Å². The average Bonchev–Trinajstić information content (AvgIpc) is 2.58. The molecule has 0 unspecified atom stereocenters. The number of hydrogen-bond acceptors (Lipinski definition) is 3. The molecule has 2 amide bonds. The molecule has 0 radical (unpaired) electrons. The first-order valence-corrected chi connectivity index (χ1v) is 7.17. The van der Waals surface area contributed by atoms with E-state index >= 15 is 0 Å². The van der Waals surface area contributed by atoms with E-state index in [0.29, 0.717) is 4.47 Å². The van der Waals surface area contributed by atoms with E-state index in [2.05, 4.69) is 59.6 Å². The Balaban J connectivity index is 1.95. The number of nitrogens with one attached hydrogen (secondary N) is 2. The van der Waals surface area contributed by atoms with E-state index in [4.69, 9.17) is 0 Å². The second kappa shape index (κ2) is 4.58. The fourth-order valence-corrected chi connectivity index (χ4v) is 3.27. The smallest absolute Gasteiger partial charge is 0.274 e. The standard InChI is InChI=1S/C13H19BrN4O2/c1-12(2)9(13(12,3)4)11(20)16-15-10(19)8-7(14)6-18(5)17-8/h6,9H,1-5H3,(H,15,19)(H,16,20). The van der Waals surface area contributed by atoms with Crippen LogP contribution in [0.3, 0.4) is 0 Å². The number of nitrogens with zero attached hydrogens (tertiary/aromatic N) is 2. The molecule has 0 aliphatic heterocycles. The lowest BCUT2D eigenvalue weighted by Crippen LogP contribution is -2.43. The van der Waals surface area contributed by atoms with Gasteiger partial charge in [0.1, 0.15) is 0 Å². The SMILES string of the molecule is Cn1cc(Br)c(C(=O)NNC(=O)C2C(C)(C)C2(C)C)n1. The second-order valence-electron chi connectivity index (χ2n) is 6.32. The molecule has 0 saturated heterocycles. The van der Waals surface area contributed by atoms with Crippen molar-refractivity contribution < 1.29 is 9.59 Å². The lowest BCUT2D eigenvalue weighted by atomic mass is 10.0. The maximum Gasteiger partial charge on any atom is 0.291 e. The summed E-state index contributed by atoms with van der Waals surface area (Å²) < 4.78 is 2.10. The third-order valence-electron chi connectivity index (χ3n) is 4.58. The molecule has 20 heavy (non-hydrogen) atoms. The van der Waals surface area contributed by atoms with Gasteiger partial charge in [0.15, 0.2) is 5.69 Å². The van der Waals surface area contributed by atoms with Crippen molar-refractivity contribution in [3.05, 3.63) is 16.4 Å². The molecule has 0 atom stereocenters. The molecule has 1 fully saturated rings. The monoisotopic (exact) mass is 342 g/mol. The number of rotatable bonds is 2. The minimum atomic E-state index is -0.443. The van der Waals surface area contributed by atoms with Gasteiger partial charge in [-0.25, -0.2) is 0 Å². The number of carbonyl (C=O) groups excluding carboxylic acids is 2. The van der Waals surface area contributed by atoms with Crippen molar-refractivity contribution in [1.29, 1.82) is 0 Å². The van der Waals surface area contributed by atoms with E-state index < -0.39 is 5.91 Å². The summed E-state index contributed by atoms with van der Waals surface area (Å²) in [6.07, 6.45) is 1.67. The molecule has 2 N–H and O–H groups in total. The minimum absolute atomic E-state index is 0.0621. The quantitative estimate of drug-likeness (QED) is 0.802. The Morgan fingerprint density at radius 3 is 2.20 bits per heavy atom. The zero-order valence-electron chi connectivity index (χ0n) is 12.2. The Labute approximate surface area is 126 Å². The third-order valence-corrected chi connectivity index (χ3v) is 5.16. The van der Waals surface area contributed by atoms with Gasteiger partial charge < -0.3 is 0 Å². The highest BCUT2D eigenvalue weighted by Gasteiger charge is 2.68. The molecule has 0 aromatic carbocycles. The lowest BCUT2D eigenvalue weighted by Gasteiger charge is -2.07. The van der Waals surface area contributed by atoms with Gasteiger partial charge in [0.25, 0.3) is 5.91 Å². The first-order valence-electron chi connectivity index (χ1n) is 6.38. The summed E-state index contributed by atoms with van der Waals surface area (Å²) in [6, 6.07) is 0. The molecule has 1 aromatic rings. The van der Waals surface area contributed by atoms with E-state index in [0.717, 1.165) is 0 Å². The molecular weight excluding hydrogens is 324 g/mol. The van der Waals surface area contributed by atoms with Gasteiger partial charge >= 0.3 is 0 Å². The molecule has 1 aliphatic rings. The lowest BCUT2D eigenvalue weighted by molar-refractivity contribution is -0.124. The molecule has 6 nitrogen and oxygen atoms in total. The number of amides is 2. The number of aryl methyl sites for hydroxylation is 1. The van der Waals surface area contributed by atoms with Crippen molar-refractivity contribution in [2.45, 2.75) is 27.7 Å². The average molecular weight is 343 g/mol. The summed E-state index contributed by atoms with van der Waals surface area (Å²) >= 11 is 3.25. The fraction of sp³-hybridized carbons (Fsp3) is 0.615. The van der Waals surface area contributed by atoms with E-state index in [-0.39, 0.29) is 28.3 Å². The van der Waals surface area contributed by atoms with Crippen molar-refractivity contribution in [2.24, 2.45) is 23.8 Å². The van der Waals surface area contributed by atoms with Gasteiger partial charge in [0.2, 0.25) is 5.91 Å². The molecular formula is C13H19BrN4O2. The first-order chi connectivity index (χ1) is 9.09. The number of carbonyl (C=O) groups is 2. The molecule has 0 bridgehead atoms. The van der Waals surface area contributed by atoms with Gasteiger partial charge in [-0.2, -0.15) is 5.10 Å². The highest BCUT2D eigenvalue weighted by molar-refractivity contribution is 9.10. The Kier molecular flexibility index (Phi) is 3.44. The Morgan fingerprint density at radius 2 is 1.80 bits per heavy atom. The van der Waals surface area contributed by atoms with E-state index in [1.165, 1.54) is 4.68 Å². The van der Waals surface area contributed by atoms with Crippen LogP contribution in [0.15, 0.2) is 10.7 Å². The number of halogens is 1. The topological polar surface area (TPSA) is 76.0 Å². The summed E-state index contributed by atoms with van der Waals surface area (Å²) in [5, 5.41) is 4.01. The van der Waals surface area contributed by atoms with Crippen LogP contribution in [0, 0.1) is 16.7 Å². The molecule has 1 aromatic heterocycles. The van der Waals surface area contributed by atoms with Crippen molar-refractivity contribution in [3.63, 3.8) is 0 Å². The van der Waals surface area contributed by atoms with Gasteiger partial charge in [-0.15, -0.1) is 0 Å². The molecule has 0 spiro atoms. The van der Waals surface area contributed by atoms with Gasteiger partial charge in [-0.3, -0.25) is 25.1 Å². The van der Waals surface area contributed by atoms with Crippen molar-refractivity contribution >= 4 is 27.7 Å². The van der Waals surface area contributed by atoms with Crippen molar-refractivity contribution in [1.82, 2.24) is 20.6 Å². The largest absolute Gasteiger partial charge is 0.291 e. The summed E-state index contributed by atoms with van der Waals surface area (Å²) in [6.45, 7) is 8.20. The van der Waals surface area contributed by atoms with Crippen LogP contribution in [0.4, 0.5) is 0 Å². The van der Waals surface area contributed by atoms with E-state index in [1.54, 1.807) is 13.2 Å². The van der Waals surface area contributed by atoms with Crippen LogP contribution in [0.2, 0.25) is 0 Å². The molecule has 2 rings (SSSR count). The molecule has 1 aliphatic carbocycles. The first kappa shape index (κ1) is 15.0. The van der Waals surface area contributed by atoms with E-state index in [9.17, 15) is 9.59 Å². The summed E-state index contributed by atoms with van der Waals surface area (Å²) in [4.78, 5) is 24.0. The van der Waals surface area contributed by atoms with Gasteiger partial charge in [-0.05, 0) is 26.8 Å². The molecule has 110 valence electrons.